The molecular weight excluding hydrogens is 251 g/mol. The fourth-order valence-corrected chi connectivity index (χ4v) is 2.21. The zero-order chi connectivity index (χ0) is 13.8. The number of aromatic carboxylic acids is 1. The van der Waals surface area contributed by atoms with Gasteiger partial charge >= 0.3 is 5.97 Å². The predicted molar refractivity (Wildman–Crippen MR) is 68.0 cm³/mol. The van der Waals surface area contributed by atoms with E-state index in [0.717, 1.165) is 31.9 Å². The van der Waals surface area contributed by atoms with Crippen molar-refractivity contribution in [3.8, 4) is 0 Å². The number of aromatic nitrogens is 1. The molecule has 1 aliphatic rings. The van der Waals surface area contributed by atoms with Crippen LogP contribution in [-0.4, -0.2) is 42.4 Å². The third kappa shape index (κ3) is 3.20. The van der Waals surface area contributed by atoms with E-state index in [2.05, 4.69) is 4.98 Å². The van der Waals surface area contributed by atoms with Crippen molar-refractivity contribution in [3.05, 3.63) is 23.6 Å². The van der Waals surface area contributed by atoms with Crippen molar-refractivity contribution in [2.75, 3.05) is 25.1 Å². The number of hydrogen-bond acceptors (Lipinski definition) is 4. The van der Waals surface area contributed by atoms with E-state index < -0.39 is 11.8 Å². The molecule has 0 aliphatic carbocycles. The summed E-state index contributed by atoms with van der Waals surface area (Å²) in [5.41, 5.74) is -0.360. The summed E-state index contributed by atoms with van der Waals surface area (Å²) in [6.07, 6.45) is 4.45. The highest BCUT2D eigenvalue weighted by Gasteiger charge is 2.21. The molecule has 104 valence electrons. The summed E-state index contributed by atoms with van der Waals surface area (Å²) >= 11 is 0. The largest absolute Gasteiger partial charge is 0.478 e. The molecule has 1 saturated heterocycles. The highest BCUT2D eigenvalue weighted by atomic mass is 19.1. The Bertz CT molecular complexity index is 461. The van der Waals surface area contributed by atoms with Crippen LogP contribution in [0.4, 0.5) is 10.2 Å². The molecule has 0 aromatic carbocycles. The van der Waals surface area contributed by atoms with Gasteiger partial charge in [-0.3, -0.25) is 0 Å². The average molecular weight is 268 g/mol. The molecule has 2 rings (SSSR count). The fraction of sp³-hybridized carbons (Fsp3) is 0.538. The van der Waals surface area contributed by atoms with E-state index in [1.807, 2.05) is 0 Å². The molecule has 1 aromatic heterocycles. The van der Waals surface area contributed by atoms with Crippen molar-refractivity contribution in [1.29, 1.82) is 0 Å². The second-order valence-corrected chi connectivity index (χ2v) is 4.67. The third-order valence-electron chi connectivity index (χ3n) is 3.21. The zero-order valence-corrected chi connectivity index (χ0v) is 10.8. The Labute approximate surface area is 111 Å². The number of ether oxygens (including phenoxy) is 1. The van der Waals surface area contributed by atoms with E-state index in [9.17, 15) is 9.18 Å². The lowest BCUT2D eigenvalue weighted by molar-refractivity contribution is 0.0215. The van der Waals surface area contributed by atoms with Crippen LogP contribution >= 0.6 is 0 Å². The first-order chi connectivity index (χ1) is 9.09. The van der Waals surface area contributed by atoms with Gasteiger partial charge in [0.15, 0.2) is 11.6 Å². The minimum Gasteiger partial charge on any atom is -0.478 e. The predicted octanol–water partition coefficient (Wildman–Crippen LogP) is 1.92. The van der Waals surface area contributed by atoms with Crippen LogP contribution < -0.4 is 4.90 Å². The van der Waals surface area contributed by atoms with Gasteiger partial charge in [-0.1, -0.05) is 0 Å². The normalized spacial score (nSPS) is 19.2. The van der Waals surface area contributed by atoms with E-state index in [1.165, 1.54) is 6.20 Å². The first kappa shape index (κ1) is 13.7. The lowest BCUT2D eigenvalue weighted by Crippen LogP contribution is -2.34. The first-order valence-corrected chi connectivity index (χ1v) is 6.30. The molecule has 2 heterocycles. The fourth-order valence-electron chi connectivity index (χ4n) is 2.21. The summed E-state index contributed by atoms with van der Waals surface area (Å²) in [4.78, 5) is 16.4. The molecular formula is C13H17FN2O3. The smallest absolute Gasteiger partial charge is 0.338 e. The molecule has 0 saturated carbocycles. The Morgan fingerprint density at radius 3 is 3.05 bits per heavy atom. The summed E-state index contributed by atoms with van der Waals surface area (Å²) in [5.74, 6) is -2.04. The number of likely N-dealkylation sites (N-methyl/N-ethyl adjacent to an activating group) is 1. The molecule has 1 N–H and O–H groups in total. The van der Waals surface area contributed by atoms with Crippen molar-refractivity contribution in [2.24, 2.45) is 0 Å². The van der Waals surface area contributed by atoms with Crippen LogP contribution in [0.5, 0.6) is 0 Å². The summed E-state index contributed by atoms with van der Waals surface area (Å²) in [6.45, 7) is 1.23. The van der Waals surface area contributed by atoms with E-state index in [4.69, 9.17) is 9.84 Å². The maximum Gasteiger partial charge on any atom is 0.338 e. The lowest BCUT2D eigenvalue weighted by Gasteiger charge is -2.28. The summed E-state index contributed by atoms with van der Waals surface area (Å²) < 4.78 is 19.6. The van der Waals surface area contributed by atoms with Crippen LogP contribution in [0.1, 0.15) is 29.6 Å². The van der Waals surface area contributed by atoms with E-state index >= 15 is 0 Å². The summed E-state index contributed by atoms with van der Waals surface area (Å²) in [5, 5.41) is 8.88. The topological polar surface area (TPSA) is 62.7 Å². The number of rotatable bonds is 4. The number of nitrogens with zero attached hydrogens (tertiary/aromatic N) is 2. The zero-order valence-electron chi connectivity index (χ0n) is 10.8. The Kier molecular flexibility index (Phi) is 4.31. The van der Waals surface area contributed by atoms with Crippen LogP contribution in [0.25, 0.3) is 0 Å². The van der Waals surface area contributed by atoms with Gasteiger partial charge in [0.2, 0.25) is 0 Å². The Balaban J connectivity index is 2.12. The maximum atomic E-state index is 14.0. The lowest BCUT2D eigenvalue weighted by atomic mass is 10.1. The summed E-state index contributed by atoms with van der Waals surface area (Å²) in [7, 11) is 1.69. The standard InChI is InChI=1S/C13H17FN2O3/c1-16(8-9-4-2-3-7-19-9)12-11(14)10(13(17)18)5-6-15-12/h5-6,9H,2-4,7-8H2,1H3,(H,17,18). The van der Waals surface area contributed by atoms with Gasteiger partial charge in [0.1, 0.15) is 5.56 Å². The van der Waals surface area contributed by atoms with Crippen molar-refractivity contribution in [1.82, 2.24) is 4.98 Å². The Hall–Kier alpha value is -1.69. The van der Waals surface area contributed by atoms with Crippen LogP contribution in [0.2, 0.25) is 0 Å². The second-order valence-electron chi connectivity index (χ2n) is 4.67. The van der Waals surface area contributed by atoms with Crippen molar-refractivity contribution in [3.63, 3.8) is 0 Å². The Morgan fingerprint density at radius 1 is 1.63 bits per heavy atom. The molecule has 1 unspecified atom stereocenters. The SMILES string of the molecule is CN(CC1CCCCO1)c1nccc(C(=O)O)c1F. The second kappa shape index (κ2) is 5.97. The highest BCUT2D eigenvalue weighted by Crippen LogP contribution is 2.21. The number of halogens is 1. The molecule has 1 aromatic rings. The first-order valence-electron chi connectivity index (χ1n) is 6.30. The average Bonchev–Trinajstić information content (AvgIpc) is 2.39. The van der Waals surface area contributed by atoms with Gasteiger partial charge in [0.25, 0.3) is 0 Å². The van der Waals surface area contributed by atoms with Gasteiger partial charge in [-0.2, -0.15) is 0 Å². The number of anilines is 1. The van der Waals surface area contributed by atoms with Crippen molar-refractivity contribution < 1.29 is 19.0 Å². The third-order valence-corrected chi connectivity index (χ3v) is 3.21. The van der Waals surface area contributed by atoms with Crippen LogP contribution in [0, 0.1) is 5.82 Å². The molecule has 1 fully saturated rings. The highest BCUT2D eigenvalue weighted by molar-refractivity contribution is 5.88. The van der Waals surface area contributed by atoms with E-state index in [1.54, 1.807) is 11.9 Å². The van der Waals surface area contributed by atoms with Crippen LogP contribution in [-0.2, 0) is 4.74 Å². The minimum atomic E-state index is -1.29. The molecule has 0 bridgehead atoms. The molecule has 5 nitrogen and oxygen atoms in total. The van der Waals surface area contributed by atoms with Gasteiger partial charge in [-0.15, -0.1) is 0 Å². The van der Waals surface area contributed by atoms with Crippen LogP contribution in [0.15, 0.2) is 12.3 Å². The number of carbonyl (C=O) groups is 1. The molecule has 19 heavy (non-hydrogen) atoms. The monoisotopic (exact) mass is 268 g/mol. The number of carboxylic acid groups (broad SMARTS) is 1. The molecule has 0 radical (unpaired) electrons. The van der Waals surface area contributed by atoms with E-state index in [0.29, 0.717) is 6.54 Å². The van der Waals surface area contributed by atoms with Gasteiger partial charge in [0, 0.05) is 26.4 Å². The maximum absolute atomic E-state index is 14.0. The molecule has 1 atom stereocenters. The van der Waals surface area contributed by atoms with Crippen molar-refractivity contribution in [2.45, 2.75) is 25.4 Å². The van der Waals surface area contributed by atoms with Crippen molar-refractivity contribution >= 4 is 11.8 Å². The van der Waals surface area contributed by atoms with Gasteiger partial charge in [-0.25, -0.2) is 14.2 Å². The van der Waals surface area contributed by atoms with Crippen LogP contribution in [0.3, 0.4) is 0 Å². The summed E-state index contributed by atoms with van der Waals surface area (Å²) in [6, 6.07) is 1.16. The van der Waals surface area contributed by atoms with Gasteiger partial charge < -0.3 is 14.7 Å². The number of hydrogen-bond donors (Lipinski definition) is 1. The van der Waals surface area contributed by atoms with Gasteiger partial charge in [-0.05, 0) is 25.3 Å². The van der Waals surface area contributed by atoms with E-state index in [-0.39, 0.29) is 17.5 Å². The molecule has 1 aliphatic heterocycles. The Morgan fingerprint density at radius 2 is 2.42 bits per heavy atom. The molecule has 0 amide bonds. The number of carboxylic acids is 1. The van der Waals surface area contributed by atoms with Gasteiger partial charge in [0.05, 0.1) is 6.10 Å². The quantitative estimate of drug-likeness (QED) is 0.904. The molecule has 6 heteroatoms. The number of pyridine rings is 1. The molecule has 0 spiro atoms. The minimum absolute atomic E-state index is 0.0495.